The Bertz CT molecular complexity index is 1070. The third-order valence-corrected chi connectivity index (χ3v) is 5.21. The van der Waals surface area contributed by atoms with Gasteiger partial charge in [0, 0.05) is 18.5 Å². The summed E-state index contributed by atoms with van der Waals surface area (Å²) in [5, 5.41) is 5.25. The zero-order valence-corrected chi connectivity index (χ0v) is 18.5. The van der Waals surface area contributed by atoms with Gasteiger partial charge in [0.2, 0.25) is 0 Å². The molecule has 1 aliphatic heterocycles. The van der Waals surface area contributed by atoms with Crippen molar-refractivity contribution in [2.75, 3.05) is 20.8 Å². The molecule has 3 rings (SSSR count). The topological polar surface area (TPSA) is 104 Å². The van der Waals surface area contributed by atoms with Gasteiger partial charge in [-0.1, -0.05) is 31.9 Å². The summed E-state index contributed by atoms with van der Waals surface area (Å²) in [5.41, 5.74) is 7.49. The van der Waals surface area contributed by atoms with Gasteiger partial charge < -0.3 is 25.1 Å². The number of nitrogens with zero attached hydrogens (tertiary/aromatic N) is 3. The number of benzene rings is 1. The lowest BCUT2D eigenvalue weighted by atomic mass is 10.1. The van der Waals surface area contributed by atoms with Gasteiger partial charge >= 0.3 is 5.97 Å². The van der Waals surface area contributed by atoms with E-state index in [9.17, 15) is 4.79 Å². The summed E-state index contributed by atoms with van der Waals surface area (Å²) in [7, 11) is 2.95. The molecule has 1 aliphatic rings. The molecule has 31 heavy (non-hydrogen) atoms. The molecule has 2 aromatic rings. The van der Waals surface area contributed by atoms with E-state index in [4.69, 9.17) is 15.2 Å². The molecule has 166 valence electrons. The van der Waals surface area contributed by atoms with Crippen LogP contribution in [0.3, 0.4) is 0 Å². The summed E-state index contributed by atoms with van der Waals surface area (Å²) < 4.78 is 12.4. The van der Waals surface area contributed by atoms with Crippen molar-refractivity contribution in [1.29, 1.82) is 0 Å². The summed E-state index contributed by atoms with van der Waals surface area (Å²) in [6.07, 6.45) is 8.76. The Morgan fingerprint density at radius 3 is 2.87 bits per heavy atom. The summed E-state index contributed by atoms with van der Waals surface area (Å²) >= 11 is 0. The van der Waals surface area contributed by atoms with Crippen molar-refractivity contribution in [2.24, 2.45) is 10.7 Å². The predicted molar refractivity (Wildman–Crippen MR) is 121 cm³/mol. The number of carbonyl (C=O) groups is 1. The van der Waals surface area contributed by atoms with Crippen LogP contribution >= 0.6 is 0 Å². The van der Waals surface area contributed by atoms with E-state index in [1.165, 1.54) is 7.11 Å². The van der Waals surface area contributed by atoms with Crippen LogP contribution in [0.1, 0.15) is 54.9 Å². The van der Waals surface area contributed by atoms with Crippen molar-refractivity contribution in [3.8, 4) is 5.75 Å². The van der Waals surface area contributed by atoms with E-state index in [1.54, 1.807) is 25.6 Å². The number of aliphatic imine (C=N–C) groups is 1. The monoisotopic (exact) mass is 425 g/mol. The van der Waals surface area contributed by atoms with E-state index in [2.05, 4.69) is 28.3 Å². The lowest BCUT2D eigenvalue weighted by Crippen LogP contribution is -2.38. The van der Waals surface area contributed by atoms with Gasteiger partial charge in [0.1, 0.15) is 16.9 Å². The fourth-order valence-corrected chi connectivity index (χ4v) is 3.54. The van der Waals surface area contributed by atoms with Crippen LogP contribution < -0.4 is 26.5 Å². The fraction of sp³-hybridized carbons (Fsp3) is 0.435. The average Bonchev–Trinajstić information content (AvgIpc) is 3.15. The molecule has 0 aliphatic carbocycles. The van der Waals surface area contributed by atoms with Crippen LogP contribution in [0.15, 0.2) is 29.5 Å². The number of rotatable bonds is 9. The largest absolute Gasteiger partial charge is 0.496 e. The van der Waals surface area contributed by atoms with Gasteiger partial charge in [0.15, 0.2) is 5.82 Å². The number of nitrogens with one attached hydrogen (secondary N) is 1. The molecule has 8 heteroatoms. The second kappa shape index (κ2) is 10.7. The van der Waals surface area contributed by atoms with Gasteiger partial charge in [0.25, 0.3) is 0 Å². The first-order valence-electron chi connectivity index (χ1n) is 10.6. The van der Waals surface area contributed by atoms with Crippen molar-refractivity contribution in [3.63, 3.8) is 0 Å². The van der Waals surface area contributed by atoms with Gasteiger partial charge in [0.05, 0.1) is 38.0 Å². The minimum Gasteiger partial charge on any atom is -0.496 e. The normalized spacial score (nSPS) is 17.9. The maximum absolute atomic E-state index is 11.9. The maximum atomic E-state index is 11.9. The van der Waals surface area contributed by atoms with Crippen molar-refractivity contribution < 1.29 is 14.3 Å². The van der Waals surface area contributed by atoms with Crippen molar-refractivity contribution >= 4 is 23.7 Å². The van der Waals surface area contributed by atoms with E-state index < -0.39 is 5.97 Å². The Kier molecular flexibility index (Phi) is 7.70. The zero-order valence-electron chi connectivity index (χ0n) is 18.5. The van der Waals surface area contributed by atoms with E-state index in [-0.39, 0.29) is 0 Å². The average molecular weight is 426 g/mol. The number of hydrogen-bond donors (Lipinski definition) is 2. The van der Waals surface area contributed by atoms with Crippen molar-refractivity contribution in [3.05, 3.63) is 46.4 Å². The minimum atomic E-state index is -0.399. The third-order valence-electron chi connectivity index (χ3n) is 5.21. The SMILES string of the molecule is CCCCCNC1=c2/c(ncn2Cc2ccc(C(=O)OC)cc2OC)=C\CC/C(N)=N\1. The van der Waals surface area contributed by atoms with Crippen molar-refractivity contribution in [1.82, 2.24) is 14.9 Å². The highest BCUT2D eigenvalue weighted by Crippen LogP contribution is 2.21. The second-order valence-corrected chi connectivity index (χ2v) is 7.45. The van der Waals surface area contributed by atoms with E-state index >= 15 is 0 Å². The summed E-state index contributed by atoms with van der Waals surface area (Å²) in [5.74, 6) is 1.56. The van der Waals surface area contributed by atoms with Gasteiger partial charge in [-0.15, -0.1) is 0 Å². The number of esters is 1. The standard InChI is InChI=1S/C23H31N5O3/c1-4-5-6-12-25-22-21-18(8-7-9-20(24)27-22)26-15-28(21)14-17-11-10-16(23(29)31-3)13-19(17)30-2/h8,10-11,13,15,25H,4-7,9,12,14H2,1-3H3,(H2,24,27)/b18-8+,22-21+. The Hall–Kier alpha value is -3.29. The number of nitrogens with two attached hydrogens (primary N) is 1. The number of ether oxygens (including phenoxy) is 2. The molecule has 0 unspecified atom stereocenters. The lowest BCUT2D eigenvalue weighted by molar-refractivity contribution is 0.0600. The molecule has 0 fully saturated rings. The molecular formula is C23H31N5O3. The Labute approximate surface area is 182 Å². The van der Waals surface area contributed by atoms with Crippen LogP contribution in [0.25, 0.3) is 11.9 Å². The third kappa shape index (κ3) is 5.45. The molecule has 2 heterocycles. The predicted octanol–water partition coefficient (Wildman–Crippen LogP) is 1.50. The van der Waals surface area contributed by atoms with Crippen LogP contribution in [0.5, 0.6) is 5.75 Å². The van der Waals surface area contributed by atoms with E-state index in [0.717, 1.165) is 54.3 Å². The van der Waals surface area contributed by atoms with Gasteiger partial charge in [-0.3, -0.25) is 0 Å². The van der Waals surface area contributed by atoms with Gasteiger partial charge in [-0.25, -0.2) is 14.8 Å². The van der Waals surface area contributed by atoms with Crippen LogP contribution in [0, 0.1) is 0 Å². The highest BCUT2D eigenvalue weighted by molar-refractivity contribution is 5.90. The fourth-order valence-electron chi connectivity index (χ4n) is 3.54. The molecule has 0 spiro atoms. The molecule has 0 atom stereocenters. The quantitative estimate of drug-likeness (QED) is 0.466. The number of fused-ring (bicyclic) bond motifs is 1. The molecule has 1 aromatic carbocycles. The Morgan fingerprint density at radius 2 is 2.13 bits per heavy atom. The number of amidine groups is 1. The van der Waals surface area contributed by atoms with E-state index in [1.807, 2.05) is 10.6 Å². The molecule has 0 saturated carbocycles. The van der Waals surface area contributed by atoms with E-state index in [0.29, 0.717) is 30.1 Å². The Morgan fingerprint density at radius 1 is 1.29 bits per heavy atom. The molecule has 0 amide bonds. The first kappa shape index (κ1) is 22.4. The lowest BCUT2D eigenvalue weighted by Gasteiger charge is -2.13. The van der Waals surface area contributed by atoms with Gasteiger partial charge in [-0.05, 0) is 25.0 Å². The number of methoxy groups -OCH3 is 2. The molecule has 1 aromatic heterocycles. The number of carbonyl (C=O) groups excluding carboxylic acids is 1. The Balaban J connectivity index is 2.03. The zero-order chi connectivity index (χ0) is 22.2. The number of hydrogen-bond acceptors (Lipinski definition) is 7. The molecular weight excluding hydrogens is 394 g/mol. The van der Waals surface area contributed by atoms with Crippen LogP contribution in [0.2, 0.25) is 0 Å². The smallest absolute Gasteiger partial charge is 0.337 e. The van der Waals surface area contributed by atoms with Crippen LogP contribution in [0.4, 0.5) is 0 Å². The number of unbranched alkanes of at least 4 members (excludes halogenated alkanes) is 2. The highest BCUT2D eigenvalue weighted by atomic mass is 16.5. The maximum Gasteiger partial charge on any atom is 0.337 e. The van der Waals surface area contributed by atoms with Crippen LogP contribution in [-0.4, -0.2) is 42.1 Å². The summed E-state index contributed by atoms with van der Waals surface area (Å²) in [4.78, 5) is 21.1. The first-order valence-corrected chi connectivity index (χ1v) is 10.6. The minimum absolute atomic E-state index is 0.399. The van der Waals surface area contributed by atoms with Crippen molar-refractivity contribution in [2.45, 2.75) is 45.6 Å². The molecule has 8 nitrogen and oxygen atoms in total. The van der Waals surface area contributed by atoms with Gasteiger partial charge in [-0.2, -0.15) is 0 Å². The molecule has 0 saturated heterocycles. The summed E-state index contributed by atoms with van der Waals surface area (Å²) in [6.45, 7) is 3.51. The summed E-state index contributed by atoms with van der Waals surface area (Å²) in [6, 6.07) is 5.30. The first-order chi connectivity index (χ1) is 15.1. The number of aromatic nitrogens is 2. The molecule has 3 N–H and O–H groups in total. The second-order valence-electron chi connectivity index (χ2n) is 7.45. The number of imidazole rings is 1. The molecule has 0 bridgehead atoms. The van der Waals surface area contributed by atoms with Crippen LogP contribution in [-0.2, 0) is 11.3 Å². The molecule has 0 radical (unpaired) electrons. The highest BCUT2D eigenvalue weighted by Gasteiger charge is 2.14.